The number of fused-ring (bicyclic) bond motifs is 1. The van der Waals surface area contributed by atoms with Gasteiger partial charge in [-0.2, -0.15) is 0 Å². The number of aliphatic carboxylic acids is 1. The van der Waals surface area contributed by atoms with Crippen molar-refractivity contribution in [2.24, 2.45) is 11.5 Å². The first-order valence-corrected chi connectivity index (χ1v) is 13.1. The van der Waals surface area contributed by atoms with E-state index in [1.54, 1.807) is 6.20 Å². The van der Waals surface area contributed by atoms with Crippen LogP contribution in [0.1, 0.15) is 44.1 Å². The quantitative estimate of drug-likeness (QED) is 0.130. The van der Waals surface area contributed by atoms with Crippen LogP contribution in [-0.4, -0.2) is 76.9 Å². The van der Waals surface area contributed by atoms with Gasteiger partial charge in [0.25, 0.3) is 0 Å². The zero-order chi connectivity index (χ0) is 28.4. The molecule has 1 aliphatic rings. The first kappa shape index (κ1) is 29.6. The fourth-order valence-corrected chi connectivity index (χ4v) is 4.62. The second-order valence-corrected chi connectivity index (χ2v) is 9.69. The number of rotatable bonds is 15. The van der Waals surface area contributed by atoms with Crippen LogP contribution in [0.4, 0.5) is 0 Å². The van der Waals surface area contributed by atoms with Crippen LogP contribution in [0.15, 0.2) is 30.5 Å². The van der Waals surface area contributed by atoms with Crippen LogP contribution in [0, 0.1) is 0 Å². The normalized spacial score (nSPS) is 17.2. The van der Waals surface area contributed by atoms with Gasteiger partial charge in [0, 0.05) is 23.5 Å². The molecule has 212 valence electrons. The minimum atomic E-state index is -1.56. The molecule has 1 saturated heterocycles. The SMILES string of the molecule is NCCCCC(NC(=O)C1CCCN1)C(=O)NC(Cc1c[nH]c2ccccc12)C(=O)NC(CC(N)=O)C(=O)O. The van der Waals surface area contributed by atoms with E-state index in [9.17, 15) is 29.1 Å². The molecule has 1 aliphatic heterocycles. The molecule has 10 N–H and O–H groups in total. The summed E-state index contributed by atoms with van der Waals surface area (Å²) < 4.78 is 0. The number of nitrogens with two attached hydrogens (primary N) is 2. The van der Waals surface area contributed by atoms with E-state index < -0.39 is 54.3 Å². The van der Waals surface area contributed by atoms with Crippen molar-refractivity contribution in [3.05, 3.63) is 36.0 Å². The first-order valence-electron chi connectivity index (χ1n) is 13.1. The van der Waals surface area contributed by atoms with Gasteiger partial charge >= 0.3 is 5.97 Å². The average Bonchev–Trinajstić information content (AvgIpc) is 3.58. The molecule has 4 unspecified atom stereocenters. The van der Waals surface area contributed by atoms with Gasteiger partial charge in [-0.15, -0.1) is 0 Å². The summed E-state index contributed by atoms with van der Waals surface area (Å²) in [6.45, 7) is 1.14. The molecule has 1 fully saturated rings. The first-order chi connectivity index (χ1) is 18.7. The monoisotopic (exact) mass is 543 g/mol. The van der Waals surface area contributed by atoms with E-state index in [1.165, 1.54) is 0 Å². The minimum Gasteiger partial charge on any atom is -0.480 e. The zero-order valence-electron chi connectivity index (χ0n) is 21.7. The number of carbonyl (C=O) groups is 5. The number of carboxylic acids is 1. The molecule has 1 aromatic carbocycles. The van der Waals surface area contributed by atoms with Crippen molar-refractivity contribution >= 4 is 40.5 Å². The van der Waals surface area contributed by atoms with Crippen LogP contribution in [0.3, 0.4) is 0 Å². The van der Waals surface area contributed by atoms with Gasteiger partial charge in [-0.05, 0) is 56.8 Å². The van der Waals surface area contributed by atoms with Crippen molar-refractivity contribution in [2.75, 3.05) is 13.1 Å². The maximum Gasteiger partial charge on any atom is 0.326 e. The highest BCUT2D eigenvalue weighted by Gasteiger charge is 2.32. The molecule has 13 nitrogen and oxygen atoms in total. The molecule has 0 spiro atoms. The van der Waals surface area contributed by atoms with E-state index in [4.69, 9.17) is 11.5 Å². The molecule has 0 bridgehead atoms. The van der Waals surface area contributed by atoms with Crippen LogP contribution in [0.5, 0.6) is 0 Å². The van der Waals surface area contributed by atoms with Crippen LogP contribution >= 0.6 is 0 Å². The lowest BCUT2D eigenvalue weighted by atomic mass is 10.0. The lowest BCUT2D eigenvalue weighted by molar-refractivity contribution is -0.143. The maximum absolute atomic E-state index is 13.4. The number of carbonyl (C=O) groups excluding carboxylic acids is 4. The standard InChI is InChI=1S/C26H37N7O6/c27-10-4-3-8-19(31-23(35)18-9-5-11-29-18)24(36)32-20(25(37)33-21(26(38)39)13-22(28)34)12-15-14-30-17-7-2-1-6-16(15)17/h1-2,6-7,14,18-21,29-30H,3-5,8-13,27H2,(H2,28,34)(H,31,35)(H,32,36)(H,33,37)(H,38,39). The Balaban J connectivity index is 1.82. The van der Waals surface area contributed by atoms with Crippen LogP contribution in [0.2, 0.25) is 0 Å². The number of aromatic amines is 1. The lowest BCUT2D eigenvalue weighted by Crippen LogP contribution is -2.57. The number of unbranched alkanes of at least 4 members (excludes halogenated alkanes) is 1. The molecule has 0 radical (unpaired) electrons. The molecule has 0 saturated carbocycles. The second kappa shape index (κ2) is 14.3. The molecule has 1 aromatic heterocycles. The highest BCUT2D eigenvalue weighted by molar-refractivity contribution is 5.95. The number of para-hydroxylation sites is 1. The van der Waals surface area contributed by atoms with Crippen LogP contribution < -0.4 is 32.7 Å². The highest BCUT2D eigenvalue weighted by atomic mass is 16.4. The molecule has 39 heavy (non-hydrogen) atoms. The molecule has 13 heteroatoms. The lowest BCUT2D eigenvalue weighted by Gasteiger charge is -2.25. The van der Waals surface area contributed by atoms with Gasteiger partial charge in [0.05, 0.1) is 12.5 Å². The molecule has 3 rings (SSSR count). The van der Waals surface area contributed by atoms with Crippen molar-refractivity contribution in [3.8, 4) is 0 Å². The predicted molar refractivity (Wildman–Crippen MR) is 143 cm³/mol. The molecule has 4 amide bonds. The molecule has 0 aliphatic carbocycles. The van der Waals surface area contributed by atoms with E-state index in [1.807, 2.05) is 24.3 Å². The van der Waals surface area contributed by atoms with Crippen molar-refractivity contribution in [1.29, 1.82) is 0 Å². The maximum atomic E-state index is 13.4. The Morgan fingerprint density at radius 1 is 1.00 bits per heavy atom. The summed E-state index contributed by atoms with van der Waals surface area (Å²) in [7, 11) is 0. The third kappa shape index (κ3) is 8.52. The summed E-state index contributed by atoms with van der Waals surface area (Å²) in [5.74, 6) is -4.02. The number of carboxylic acid groups (broad SMARTS) is 1. The molecule has 2 aromatic rings. The van der Waals surface area contributed by atoms with Gasteiger partial charge in [0.1, 0.15) is 18.1 Å². The number of hydrogen-bond donors (Lipinski definition) is 8. The summed E-state index contributed by atoms with van der Waals surface area (Å²) in [6, 6.07) is 3.31. The van der Waals surface area contributed by atoms with Gasteiger partial charge in [0.2, 0.25) is 23.6 Å². The summed E-state index contributed by atoms with van der Waals surface area (Å²) in [6.07, 6.45) is 4.17. The second-order valence-electron chi connectivity index (χ2n) is 9.69. The summed E-state index contributed by atoms with van der Waals surface area (Å²) in [5.41, 5.74) is 12.3. The minimum absolute atomic E-state index is 0.0259. The van der Waals surface area contributed by atoms with Crippen molar-refractivity contribution < 1.29 is 29.1 Å². The third-order valence-electron chi connectivity index (χ3n) is 6.71. The van der Waals surface area contributed by atoms with Crippen molar-refractivity contribution in [1.82, 2.24) is 26.3 Å². The summed E-state index contributed by atoms with van der Waals surface area (Å²) >= 11 is 0. The highest BCUT2D eigenvalue weighted by Crippen LogP contribution is 2.19. The van der Waals surface area contributed by atoms with Gasteiger partial charge in [-0.3, -0.25) is 19.2 Å². The largest absolute Gasteiger partial charge is 0.480 e. The Labute approximate surface area is 225 Å². The number of nitrogens with one attached hydrogen (secondary N) is 5. The molecule has 2 heterocycles. The number of hydrogen-bond acceptors (Lipinski definition) is 7. The number of amides is 4. The van der Waals surface area contributed by atoms with Gasteiger partial charge in [0.15, 0.2) is 0 Å². The third-order valence-corrected chi connectivity index (χ3v) is 6.71. The number of H-pyrrole nitrogens is 1. The van der Waals surface area contributed by atoms with E-state index in [-0.39, 0.29) is 12.3 Å². The van der Waals surface area contributed by atoms with Crippen LogP contribution in [-0.2, 0) is 30.4 Å². The molecular formula is C26H37N7O6. The summed E-state index contributed by atoms with van der Waals surface area (Å²) in [4.78, 5) is 65.6. The smallest absolute Gasteiger partial charge is 0.326 e. The van der Waals surface area contributed by atoms with Gasteiger partial charge in [-0.1, -0.05) is 18.2 Å². The topological polar surface area (TPSA) is 222 Å². The van der Waals surface area contributed by atoms with Crippen molar-refractivity contribution in [3.63, 3.8) is 0 Å². The van der Waals surface area contributed by atoms with Gasteiger partial charge in [-0.25, -0.2) is 4.79 Å². The fourth-order valence-electron chi connectivity index (χ4n) is 4.62. The van der Waals surface area contributed by atoms with E-state index in [0.717, 1.165) is 17.3 Å². The fraction of sp³-hybridized carbons (Fsp3) is 0.500. The Hall–Kier alpha value is -3.97. The Bertz CT molecular complexity index is 1180. The van der Waals surface area contributed by atoms with Crippen LogP contribution in [0.25, 0.3) is 10.9 Å². The Morgan fingerprint density at radius 2 is 1.72 bits per heavy atom. The molecular weight excluding hydrogens is 506 g/mol. The van der Waals surface area contributed by atoms with Gasteiger partial charge < -0.3 is 42.8 Å². The van der Waals surface area contributed by atoms with E-state index in [0.29, 0.717) is 44.3 Å². The number of aromatic nitrogens is 1. The van der Waals surface area contributed by atoms with E-state index in [2.05, 4.69) is 26.3 Å². The average molecular weight is 544 g/mol. The Morgan fingerprint density at radius 3 is 2.38 bits per heavy atom. The number of benzene rings is 1. The number of primary amides is 1. The zero-order valence-corrected chi connectivity index (χ0v) is 21.7. The molecule has 4 atom stereocenters. The Kier molecular flexibility index (Phi) is 10.8. The summed E-state index contributed by atoms with van der Waals surface area (Å²) in [5, 5.41) is 21.2. The predicted octanol–water partition coefficient (Wildman–Crippen LogP) is -0.994. The van der Waals surface area contributed by atoms with E-state index >= 15 is 0 Å². The van der Waals surface area contributed by atoms with Crippen molar-refractivity contribution in [2.45, 2.75) is 69.1 Å².